The lowest BCUT2D eigenvalue weighted by atomic mass is 10.2. The Bertz CT molecular complexity index is 1140. The largest absolute Gasteiger partial charge is 0.462 e. The molecule has 32 heavy (non-hydrogen) atoms. The van der Waals surface area contributed by atoms with Crippen LogP contribution >= 0.6 is 23.2 Å². The zero-order valence-corrected chi connectivity index (χ0v) is 19.0. The zero-order valence-electron chi connectivity index (χ0n) is 16.7. The summed E-state index contributed by atoms with van der Waals surface area (Å²) in [6, 6.07) is 6.39. The summed E-state index contributed by atoms with van der Waals surface area (Å²) in [7, 11) is -4.15. The molecule has 1 N–H and O–H groups in total. The van der Waals surface area contributed by atoms with Gasteiger partial charge in [-0.05, 0) is 43.3 Å². The van der Waals surface area contributed by atoms with Gasteiger partial charge in [0.25, 0.3) is 0 Å². The number of amides is 1. The zero-order chi connectivity index (χ0) is 24.3. The predicted octanol–water partition coefficient (Wildman–Crippen LogP) is 4.59. The highest BCUT2D eigenvalue weighted by atomic mass is 35.5. The number of sulfonamides is 1. The second-order valence-corrected chi connectivity index (χ2v) is 9.12. The quantitative estimate of drug-likeness (QED) is 0.547. The molecule has 0 atom stereocenters. The highest BCUT2D eigenvalue weighted by Crippen LogP contribution is 2.37. The molecular weight excluding hydrogens is 496 g/mol. The SMILES string of the molecule is CCOC(=O)c1cc(NC(=O)CN(c2ccc(Cl)c(C(F)(F)F)c2)S(C)(=O)=O)ccc1Cl. The molecule has 7 nitrogen and oxygen atoms in total. The van der Waals surface area contributed by atoms with Crippen LogP contribution in [0.3, 0.4) is 0 Å². The number of hydrogen-bond acceptors (Lipinski definition) is 5. The number of nitrogens with one attached hydrogen (secondary N) is 1. The molecule has 0 aliphatic rings. The van der Waals surface area contributed by atoms with Gasteiger partial charge in [0.15, 0.2) is 0 Å². The van der Waals surface area contributed by atoms with E-state index in [9.17, 15) is 31.2 Å². The van der Waals surface area contributed by atoms with Gasteiger partial charge in [-0.25, -0.2) is 13.2 Å². The Kier molecular flexibility index (Phi) is 8.02. The fourth-order valence-corrected chi connectivity index (χ4v) is 3.85. The van der Waals surface area contributed by atoms with Crippen LogP contribution in [-0.2, 0) is 25.7 Å². The number of carbonyl (C=O) groups is 2. The summed E-state index contributed by atoms with van der Waals surface area (Å²) in [6.07, 6.45) is -4.09. The van der Waals surface area contributed by atoms with Crippen molar-refractivity contribution < 1.29 is 35.9 Å². The molecule has 174 valence electrons. The van der Waals surface area contributed by atoms with Crippen molar-refractivity contribution in [1.29, 1.82) is 0 Å². The number of alkyl halides is 3. The van der Waals surface area contributed by atoms with Crippen molar-refractivity contribution in [2.45, 2.75) is 13.1 Å². The number of carbonyl (C=O) groups excluding carboxylic acids is 2. The van der Waals surface area contributed by atoms with Crippen LogP contribution in [0.4, 0.5) is 24.5 Å². The first kappa shape index (κ1) is 25.8. The average Bonchev–Trinajstić information content (AvgIpc) is 2.66. The van der Waals surface area contributed by atoms with Crippen molar-refractivity contribution in [2.75, 3.05) is 29.0 Å². The molecule has 2 aromatic rings. The highest BCUT2D eigenvalue weighted by molar-refractivity contribution is 7.92. The van der Waals surface area contributed by atoms with Gasteiger partial charge in [0.1, 0.15) is 6.54 Å². The first-order chi connectivity index (χ1) is 14.7. The normalized spacial score (nSPS) is 11.7. The molecule has 1 amide bonds. The first-order valence-electron chi connectivity index (χ1n) is 8.85. The molecule has 0 spiro atoms. The molecule has 13 heteroatoms. The molecule has 0 fully saturated rings. The van der Waals surface area contributed by atoms with Crippen LogP contribution < -0.4 is 9.62 Å². The number of benzene rings is 2. The number of hydrogen-bond donors (Lipinski definition) is 1. The summed E-state index contributed by atoms with van der Waals surface area (Å²) in [4.78, 5) is 24.4. The minimum atomic E-state index is -4.83. The maximum absolute atomic E-state index is 13.1. The molecule has 0 aliphatic carbocycles. The molecule has 0 unspecified atom stereocenters. The van der Waals surface area contributed by atoms with E-state index in [0.717, 1.165) is 18.4 Å². The topological polar surface area (TPSA) is 92.8 Å². The number of rotatable bonds is 7. The van der Waals surface area contributed by atoms with Crippen LogP contribution in [0.5, 0.6) is 0 Å². The van der Waals surface area contributed by atoms with Gasteiger partial charge in [-0.1, -0.05) is 23.2 Å². The third-order valence-corrected chi connectivity index (χ3v) is 5.78. The van der Waals surface area contributed by atoms with Gasteiger partial charge in [-0.3, -0.25) is 9.10 Å². The van der Waals surface area contributed by atoms with E-state index in [-0.39, 0.29) is 22.9 Å². The molecule has 0 saturated heterocycles. The number of halogens is 5. The molecular formula is C19H17Cl2F3N2O5S. The molecule has 2 aromatic carbocycles. The fraction of sp³-hybridized carbons (Fsp3) is 0.263. The van der Waals surface area contributed by atoms with Crippen molar-refractivity contribution in [2.24, 2.45) is 0 Å². The molecule has 0 aliphatic heterocycles. The molecule has 0 heterocycles. The van der Waals surface area contributed by atoms with Crippen LogP contribution in [0.2, 0.25) is 10.0 Å². The predicted molar refractivity (Wildman–Crippen MR) is 115 cm³/mol. The van der Waals surface area contributed by atoms with Crippen LogP contribution in [-0.4, -0.2) is 39.7 Å². The van der Waals surface area contributed by atoms with Crippen LogP contribution in [0.25, 0.3) is 0 Å². The third kappa shape index (κ3) is 6.50. The van der Waals surface area contributed by atoms with Crippen molar-refractivity contribution >= 4 is 56.5 Å². The summed E-state index contributed by atoms with van der Waals surface area (Å²) in [5, 5.41) is 1.83. The number of esters is 1. The second kappa shape index (κ2) is 9.97. The van der Waals surface area contributed by atoms with Crippen LogP contribution in [0, 0.1) is 0 Å². The van der Waals surface area contributed by atoms with E-state index in [1.165, 1.54) is 18.2 Å². The van der Waals surface area contributed by atoms with Crippen LogP contribution in [0.1, 0.15) is 22.8 Å². The molecule has 0 bridgehead atoms. The van der Waals surface area contributed by atoms with Gasteiger partial charge >= 0.3 is 12.1 Å². The average molecular weight is 513 g/mol. The molecule has 0 saturated carbocycles. The fourth-order valence-electron chi connectivity index (χ4n) is 2.58. The summed E-state index contributed by atoms with van der Waals surface area (Å²) >= 11 is 11.5. The summed E-state index contributed by atoms with van der Waals surface area (Å²) in [6.45, 7) is 0.851. The maximum Gasteiger partial charge on any atom is 0.417 e. The molecule has 0 aromatic heterocycles. The maximum atomic E-state index is 13.1. The van der Waals surface area contributed by atoms with E-state index in [2.05, 4.69) is 5.32 Å². The van der Waals surface area contributed by atoms with Gasteiger partial charge in [0.05, 0.1) is 39.7 Å². The minimum absolute atomic E-state index is 0.0289. The van der Waals surface area contributed by atoms with E-state index in [0.29, 0.717) is 10.4 Å². The van der Waals surface area contributed by atoms with E-state index < -0.39 is 50.9 Å². The lowest BCUT2D eigenvalue weighted by molar-refractivity contribution is -0.137. The van der Waals surface area contributed by atoms with Gasteiger partial charge < -0.3 is 10.1 Å². The Labute approximate surface area is 192 Å². The van der Waals surface area contributed by atoms with Gasteiger partial charge in [0.2, 0.25) is 15.9 Å². The Balaban J connectivity index is 2.32. The van der Waals surface area contributed by atoms with Gasteiger partial charge in [-0.2, -0.15) is 13.2 Å². The van der Waals surface area contributed by atoms with Gasteiger partial charge in [-0.15, -0.1) is 0 Å². The van der Waals surface area contributed by atoms with E-state index in [1.54, 1.807) is 6.92 Å². The van der Waals surface area contributed by atoms with E-state index >= 15 is 0 Å². The van der Waals surface area contributed by atoms with Crippen molar-refractivity contribution in [3.63, 3.8) is 0 Å². The Morgan fingerprint density at radius 2 is 1.72 bits per heavy atom. The summed E-state index contributed by atoms with van der Waals surface area (Å²) in [5.74, 6) is -1.61. The lowest BCUT2D eigenvalue weighted by Gasteiger charge is -2.23. The molecule has 0 radical (unpaired) electrons. The number of anilines is 2. The van der Waals surface area contributed by atoms with Crippen molar-refractivity contribution in [3.05, 3.63) is 57.6 Å². The summed E-state index contributed by atoms with van der Waals surface area (Å²) in [5.41, 5.74) is -1.58. The van der Waals surface area contributed by atoms with E-state index in [1.807, 2.05) is 0 Å². The monoisotopic (exact) mass is 512 g/mol. The highest BCUT2D eigenvalue weighted by Gasteiger charge is 2.34. The smallest absolute Gasteiger partial charge is 0.417 e. The Morgan fingerprint density at radius 1 is 1.09 bits per heavy atom. The Morgan fingerprint density at radius 3 is 2.28 bits per heavy atom. The molecule has 2 rings (SSSR count). The number of nitrogens with zero attached hydrogens (tertiary/aromatic N) is 1. The lowest BCUT2D eigenvalue weighted by Crippen LogP contribution is -2.37. The van der Waals surface area contributed by atoms with Crippen molar-refractivity contribution in [3.8, 4) is 0 Å². The first-order valence-corrected chi connectivity index (χ1v) is 11.5. The van der Waals surface area contributed by atoms with Gasteiger partial charge in [0, 0.05) is 5.69 Å². The second-order valence-electron chi connectivity index (χ2n) is 6.39. The minimum Gasteiger partial charge on any atom is -0.462 e. The standard InChI is InChI=1S/C19H17Cl2F3N2O5S/c1-3-31-18(28)13-8-11(4-6-15(13)20)25-17(27)10-26(32(2,29)30)12-5-7-16(21)14(9-12)19(22,23)24/h4-9H,3,10H2,1-2H3,(H,25,27). The Hall–Kier alpha value is -2.50. The number of ether oxygens (including phenoxy) is 1. The van der Waals surface area contributed by atoms with Crippen molar-refractivity contribution in [1.82, 2.24) is 0 Å². The summed E-state index contributed by atoms with van der Waals surface area (Å²) < 4.78 is 69.2. The van der Waals surface area contributed by atoms with E-state index in [4.69, 9.17) is 27.9 Å². The third-order valence-electron chi connectivity index (χ3n) is 3.98. The van der Waals surface area contributed by atoms with Crippen LogP contribution in [0.15, 0.2) is 36.4 Å².